The fraction of sp³-hybridized carbons (Fsp3) is 0.545. The van der Waals surface area contributed by atoms with Crippen LogP contribution in [0.2, 0.25) is 0 Å². The topological polar surface area (TPSA) is 70.1 Å². The quantitative estimate of drug-likeness (QED) is 0.742. The van der Waals surface area contributed by atoms with Crippen LogP contribution in [0.1, 0.15) is 44.7 Å². The lowest BCUT2D eigenvalue weighted by Crippen LogP contribution is -2.68. The summed E-state index contributed by atoms with van der Waals surface area (Å²) in [6, 6.07) is 7.70. The Balaban J connectivity index is 2.32. The second-order valence-corrected chi connectivity index (χ2v) is 7.51. The van der Waals surface area contributed by atoms with E-state index >= 15 is 0 Å². The summed E-state index contributed by atoms with van der Waals surface area (Å²) in [4.78, 5) is 28.2. The molecule has 0 aliphatic carbocycles. The summed E-state index contributed by atoms with van der Waals surface area (Å²) >= 11 is 0. The predicted molar refractivity (Wildman–Crippen MR) is 110 cm³/mol. The number of benzene rings is 1. The average Bonchev–Trinajstić information content (AvgIpc) is 2.62. The van der Waals surface area contributed by atoms with Crippen LogP contribution in [0.25, 0.3) is 6.08 Å². The summed E-state index contributed by atoms with van der Waals surface area (Å²) in [6.07, 6.45) is 4.01. The molecule has 2 rings (SSSR count). The smallest absolute Gasteiger partial charge is 0.248 e. The molecule has 0 aromatic heterocycles. The first-order valence-corrected chi connectivity index (χ1v) is 9.76. The Labute approximate surface area is 167 Å². The van der Waals surface area contributed by atoms with E-state index in [1.165, 1.54) is 14.0 Å². The number of methoxy groups -OCH3 is 1. The van der Waals surface area contributed by atoms with Crippen LogP contribution < -0.4 is 0 Å². The van der Waals surface area contributed by atoms with E-state index in [9.17, 15) is 14.7 Å². The van der Waals surface area contributed by atoms with Crippen molar-refractivity contribution < 1.29 is 19.4 Å². The van der Waals surface area contributed by atoms with Gasteiger partial charge in [0, 0.05) is 32.5 Å². The summed E-state index contributed by atoms with van der Waals surface area (Å²) in [5, 5.41) is 9.92. The molecule has 1 fully saturated rings. The Bertz CT molecular complexity index is 699. The van der Waals surface area contributed by atoms with Gasteiger partial charge in [-0.2, -0.15) is 0 Å². The highest BCUT2D eigenvalue weighted by molar-refractivity contribution is 5.79. The molecule has 6 nitrogen and oxygen atoms in total. The first-order chi connectivity index (χ1) is 13.3. The van der Waals surface area contributed by atoms with Crippen molar-refractivity contribution in [2.45, 2.75) is 51.7 Å². The van der Waals surface area contributed by atoms with Crippen molar-refractivity contribution in [3.05, 3.63) is 41.5 Å². The third-order valence-electron chi connectivity index (χ3n) is 5.37. The van der Waals surface area contributed by atoms with E-state index in [1.54, 1.807) is 9.80 Å². The average molecular weight is 389 g/mol. The number of hydrogen-bond acceptors (Lipinski definition) is 4. The minimum atomic E-state index is -0.276. The van der Waals surface area contributed by atoms with Crippen LogP contribution in [-0.2, 0) is 14.3 Å². The number of carbonyl (C=O) groups is 2. The molecule has 28 heavy (non-hydrogen) atoms. The summed E-state index contributed by atoms with van der Waals surface area (Å²) in [5.41, 5.74) is 2.17. The molecule has 3 atom stereocenters. The third kappa shape index (κ3) is 4.62. The van der Waals surface area contributed by atoms with Crippen molar-refractivity contribution in [1.29, 1.82) is 0 Å². The number of carbonyl (C=O) groups excluding carboxylic acids is 2. The molecule has 2 amide bonds. The van der Waals surface area contributed by atoms with Gasteiger partial charge >= 0.3 is 0 Å². The van der Waals surface area contributed by atoms with Gasteiger partial charge in [-0.25, -0.2) is 0 Å². The van der Waals surface area contributed by atoms with Crippen molar-refractivity contribution in [2.24, 2.45) is 0 Å². The molecule has 0 spiro atoms. The van der Waals surface area contributed by atoms with Crippen molar-refractivity contribution >= 4 is 17.9 Å². The maximum Gasteiger partial charge on any atom is 0.248 e. The van der Waals surface area contributed by atoms with E-state index < -0.39 is 0 Å². The number of amides is 2. The normalized spacial score (nSPS) is 21.8. The minimum absolute atomic E-state index is 0.0110. The Morgan fingerprint density at radius 1 is 1.25 bits per heavy atom. The van der Waals surface area contributed by atoms with Crippen LogP contribution in [0.5, 0.6) is 0 Å². The van der Waals surface area contributed by atoms with Gasteiger partial charge in [-0.3, -0.25) is 9.59 Å². The molecular weight excluding hydrogens is 356 g/mol. The van der Waals surface area contributed by atoms with Crippen LogP contribution in [0.15, 0.2) is 30.3 Å². The highest BCUT2D eigenvalue weighted by atomic mass is 16.5. The van der Waals surface area contributed by atoms with Gasteiger partial charge in [0.05, 0.1) is 18.7 Å². The van der Waals surface area contributed by atoms with E-state index in [0.717, 1.165) is 11.1 Å². The van der Waals surface area contributed by atoms with E-state index in [1.807, 2.05) is 57.2 Å². The van der Waals surface area contributed by atoms with Gasteiger partial charge in [-0.1, -0.05) is 36.4 Å². The van der Waals surface area contributed by atoms with Crippen LogP contribution in [0.4, 0.5) is 0 Å². The monoisotopic (exact) mass is 388 g/mol. The van der Waals surface area contributed by atoms with E-state index in [-0.39, 0.29) is 49.1 Å². The molecule has 1 saturated heterocycles. The van der Waals surface area contributed by atoms with Gasteiger partial charge in [0.25, 0.3) is 0 Å². The zero-order valence-corrected chi connectivity index (χ0v) is 17.5. The molecule has 1 aromatic rings. The van der Waals surface area contributed by atoms with Gasteiger partial charge in [0.2, 0.25) is 11.8 Å². The number of likely N-dealkylation sites (tertiary alicyclic amines) is 1. The van der Waals surface area contributed by atoms with Gasteiger partial charge in [-0.15, -0.1) is 0 Å². The molecule has 154 valence electrons. The number of aliphatic hydroxyl groups is 1. The Morgan fingerprint density at radius 2 is 1.89 bits per heavy atom. The summed E-state index contributed by atoms with van der Waals surface area (Å²) < 4.78 is 5.01. The van der Waals surface area contributed by atoms with Crippen molar-refractivity contribution in [2.75, 3.05) is 26.9 Å². The van der Waals surface area contributed by atoms with Gasteiger partial charge in [0.1, 0.15) is 6.61 Å². The van der Waals surface area contributed by atoms with Gasteiger partial charge < -0.3 is 19.6 Å². The number of rotatable bonds is 8. The Morgan fingerprint density at radius 3 is 2.36 bits per heavy atom. The van der Waals surface area contributed by atoms with Crippen LogP contribution in [0, 0.1) is 0 Å². The molecule has 1 aliphatic heterocycles. The number of nitrogens with zero attached hydrogens (tertiary/aromatic N) is 2. The fourth-order valence-electron chi connectivity index (χ4n) is 4.09. The number of hydrogen-bond donors (Lipinski definition) is 1. The van der Waals surface area contributed by atoms with Crippen molar-refractivity contribution in [1.82, 2.24) is 9.80 Å². The highest BCUT2D eigenvalue weighted by Crippen LogP contribution is 2.41. The summed E-state index contributed by atoms with van der Waals surface area (Å²) in [6.45, 7) is 7.71. The van der Waals surface area contributed by atoms with Crippen LogP contribution in [-0.4, -0.2) is 71.7 Å². The lowest BCUT2D eigenvalue weighted by atomic mass is 9.74. The number of allylic oxidation sites excluding steroid dienone is 1. The SMILES string of the molecule is CC=Cc1ccc([C@@H]2[C@H](CO)N(C(C)=O)[C@H]2CN(C(=O)COC)C(C)C)cc1. The molecule has 0 unspecified atom stereocenters. The van der Waals surface area contributed by atoms with Crippen molar-refractivity contribution in [3.8, 4) is 0 Å². The standard InChI is InChI=1S/C22H32N2O4/c1-6-7-17-8-10-18(11-9-17)22-19(24(16(4)26)20(22)13-25)12-23(15(2)3)21(27)14-28-5/h6-11,15,19-20,22,25H,12-14H2,1-5H3/t19-,20-,22-/m0/s1. The van der Waals surface area contributed by atoms with E-state index in [0.29, 0.717) is 6.54 Å². The minimum Gasteiger partial charge on any atom is -0.394 e. The molecule has 1 N–H and O–H groups in total. The lowest BCUT2D eigenvalue weighted by molar-refractivity contribution is -0.154. The molecule has 6 heteroatoms. The Hall–Kier alpha value is -2.18. The molecule has 1 aliphatic rings. The molecule has 1 aromatic carbocycles. The van der Waals surface area contributed by atoms with Crippen LogP contribution >= 0.6 is 0 Å². The molecule has 0 saturated carbocycles. The van der Waals surface area contributed by atoms with E-state index in [2.05, 4.69) is 0 Å². The predicted octanol–water partition coefficient (Wildman–Crippen LogP) is 2.28. The van der Waals surface area contributed by atoms with Crippen molar-refractivity contribution in [3.63, 3.8) is 0 Å². The molecular formula is C22H32N2O4. The third-order valence-corrected chi connectivity index (χ3v) is 5.37. The number of aliphatic hydroxyl groups excluding tert-OH is 1. The second-order valence-electron chi connectivity index (χ2n) is 7.51. The second kappa shape index (κ2) is 9.85. The van der Waals surface area contributed by atoms with Crippen LogP contribution in [0.3, 0.4) is 0 Å². The maximum atomic E-state index is 12.5. The zero-order chi connectivity index (χ0) is 20.8. The number of ether oxygens (including phenoxy) is 1. The summed E-state index contributed by atoms with van der Waals surface area (Å²) in [5.74, 6) is -0.213. The summed E-state index contributed by atoms with van der Waals surface area (Å²) in [7, 11) is 1.50. The van der Waals surface area contributed by atoms with Gasteiger partial charge in [-0.05, 0) is 31.9 Å². The maximum absolute atomic E-state index is 12.5. The molecule has 0 radical (unpaired) electrons. The molecule has 0 bridgehead atoms. The lowest BCUT2D eigenvalue weighted by Gasteiger charge is -2.56. The Kier molecular flexibility index (Phi) is 7.78. The zero-order valence-electron chi connectivity index (χ0n) is 17.5. The largest absolute Gasteiger partial charge is 0.394 e. The van der Waals surface area contributed by atoms with E-state index in [4.69, 9.17) is 4.74 Å². The first-order valence-electron chi connectivity index (χ1n) is 9.76. The highest BCUT2D eigenvalue weighted by Gasteiger charge is 2.51. The first kappa shape index (κ1) is 22.1. The fourth-order valence-corrected chi connectivity index (χ4v) is 4.09. The van der Waals surface area contributed by atoms with Gasteiger partial charge in [0.15, 0.2) is 0 Å². The molecule has 1 heterocycles.